The zero-order valence-electron chi connectivity index (χ0n) is 3.01. The molecule has 1 rings (SSSR count). The molecule has 6 heavy (non-hydrogen) atoms. The molecule has 0 aliphatic rings. The number of hydrogen-bond donors (Lipinski definition) is 1. The summed E-state index contributed by atoms with van der Waals surface area (Å²) in [6, 6.07) is 0. The smallest absolute Gasteiger partial charge is 0 e. The Bertz CT molecular complexity index is 65.3. The van der Waals surface area contributed by atoms with E-state index in [4.69, 9.17) is 0 Å². The Labute approximate surface area is 46.7 Å². The third kappa shape index (κ3) is 1.25. The molecule has 0 atom stereocenters. The first kappa shape index (κ1) is 5.74. The average molecular weight is 119 g/mol. The Morgan fingerprint density at radius 2 is 2.50 bits per heavy atom. The maximum absolute atomic E-state index is 3.54. The van der Waals surface area contributed by atoms with Crippen LogP contribution in [0, 0.1) is 6.33 Å². The summed E-state index contributed by atoms with van der Waals surface area (Å²) in [5, 5.41) is 0. The van der Waals surface area contributed by atoms with Gasteiger partial charge in [0.1, 0.15) is 0 Å². The molecule has 0 aliphatic carbocycles. The fraction of sp³-hybridized carbons (Fsp3) is 0. The number of rotatable bonds is 0. The molecule has 1 aromatic rings. The Balaban J connectivity index is 0.000000250. The minimum Gasteiger partial charge on any atom is -0.467 e. The zero-order valence-corrected chi connectivity index (χ0v) is 4.29. The summed E-state index contributed by atoms with van der Waals surface area (Å²) in [7, 11) is 0. The van der Waals surface area contributed by atoms with Crippen LogP contribution in [0.1, 0.15) is 0 Å². The molecule has 1 heterocycles. The summed E-state index contributed by atoms with van der Waals surface area (Å²) >= 11 is 0. The Morgan fingerprint density at radius 1 is 1.67 bits per heavy atom. The van der Waals surface area contributed by atoms with Crippen LogP contribution in [0.25, 0.3) is 0 Å². The summed E-state index contributed by atoms with van der Waals surface area (Å²) in [5.41, 5.74) is 0. The van der Waals surface area contributed by atoms with Gasteiger partial charge in [0.2, 0.25) is 0 Å². The molecular formula is C3H3CrN2-. The Hall–Kier alpha value is -0.258. The van der Waals surface area contributed by atoms with Gasteiger partial charge in [-0.3, -0.25) is 0 Å². The van der Waals surface area contributed by atoms with Crippen LogP contribution in [0.5, 0.6) is 0 Å². The van der Waals surface area contributed by atoms with Gasteiger partial charge in [0.25, 0.3) is 0 Å². The molecule has 0 aromatic carbocycles. The Kier molecular flexibility index (Phi) is 2.83. The summed E-state index contributed by atoms with van der Waals surface area (Å²) in [6.07, 6.45) is 5.83. The van der Waals surface area contributed by atoms with Crippen LogP contribution in [0.3, 0.4) is 0 Å². The fourth-order valence-electron chi connectivity index (χ4n) is 0.186. The van der Waals surface area contributed by atoms with Crippen LogP contribution >= 0.6 is 0 Å². The van der Waals surface area contributed by atoms with E-state index in [9.17, 15) is 0 Å². The normalized spacial score (nSPS) is 6.67. The van der Waals surface area contributed by atoms with Crippen molar-refractivity contribution in [3.8, 4) is 0 Å². The summed E-state index contributed by atoms with van der Waals surface area (Å²) in [4.78, 5) is 6.17. The molecule has 0 bridgehead atoms. The molecule has 0 radical (unpaired) electrons. The van der Waals surface area contributed by atoms with Gasteiger partial charge in [-0.15, -0.1) is 12.4 Å². The van der Waals surface area contributed by atoms with E-state index in [2.05, 4.69) is 16.3 Å². The first-order chi connectivity index (χ1) is 2.50. The summed E-state index contributed by atoms with van der Waals surface area (Å²) < 4.78 is 0. The predicted molar refractivity (Wildman–Crippen MR) is 17.4 cm³/mol. The number of hydrogen-bond acceptors (Lipinski definition) is 1. The van der Waals surface area contributed by atoms with Crippen LogP contribution in [-0.4, -0.2) is 9.97 Å². The maximum atomic E-state index is 3.54. The van der Waals surface area contributed by atoms with Crippen LogP contribution in [0.4, 0.5) is 0 Å². The molecule has 2 nitrogen and oxygen atoms in total. The topological polar surface area (TPSA) is 28.7 Å². The summed E-state index contributed by atoms with van der Waals surface area (Å²) in [6.45, 7) is 0. The largest absolute Gasteiger partial charge is 0.467 e. The quantitative estimate of drug-likeness (QED) is 0.486. The second-order valence-electron chi connectivity index (χ2n) is 0.701. The van der Waals surface area contributed by atoms with E-state index in [-0.39, 0.29) is 17.4 Å². The molecule has 0 saturated heterocycles. The third-order valence-electron chi connectivity index (χ3n) is 0.362. The molecule has 0 aliphatic heterocycles. The van der Waals surface area contributed by atoms with Crippen LogP contribution in [0.15, 0.2) is 12.4 Å². The number of H-pyrrole nitrogens is 1. The standard InChI is InChI=1S/C3H3N2.Cr/c1-2-5-3-4-1;/h1-2H,(H,4,5);/q-1;. The van der Waals surface area contributed by atoms with Crippen LogP contribution in [0.2, 0.25) is 0 Å². The maximum Gasteiger partial charge on any atom is 0 e. The van der Waals surface area contributed by atoms with Crippen molar-refractivity contribution < 1.29 is 17.4 Å². The van der Waals surface area contributed by atoms with Gasteiger partial charge >= 0.3 is 0 Å². The van der Waals surface area contributed by atoms with E-state index >= 15 is 0 Å². The zero-order chi connectivity index (χ0) is 3.54. The van der Waals surface area contributed by atoms with Crippen molar-refractivity contribution in [2.75, 3.05) is 0 Å². The van der Waals surface area contributed by atoms with Gasteiger partial charge in [-0.1, -0.05) is 0 Å². The van der Waals surface area contributed by atoms with Crippen molar-refractivity contribution in [2.24, 2.45) is 0 Å². The Morgan fingerprint density at radius 3 is 2.67 bits per heavy atom. The van der Waals surface area contributed by atoms with E-state index in [1.165, 1.54) is 0 Å². The van der Waals surface area contributed by atoms with Crippen molar-refractivity contribution >= 4 is 0 Å². The van der Waals surface area contributed by atoms with Gasteiger partial charge < -0.3 is 9.97 Å². The summed E-state index contributed by atoms with van der Waals surface area (Å²) in [5.74, 6) is 0. The number of aromatic nitrogens is 2. The van der Waals surface area contributed by atoms with Gasteiger partial charge in [0, 0.05) is 17.4 Å². The van der Waals surface area contributed by atoms with Gasteiger partial charge in [-0.2, -0.15) is 0 Å². The molecule has 0 spiro atoms. The molecular weight excluding hydrogens is 116 g/mol. The predicted octanol–water partition coefficient (Wildman–Crippen LogP) is 0.207. The second kappa shape index (κ2) is 2.95. The molecule has 0 unspecified atom stereocenters. The van der Waals surface area contributed by atoms with Crippen molar-refractivity contribution in [3.05, 3.63) is 18.7 Å². The van der Waals surface area contributed by atoms with Crippen molar-refractivity contribution in [2.45, 2.75) is 0 Å². The SMILES string of the molecule is [Cr].[c-]1ncc[nH]1. The van der Waals surface area contributed by atoms with E-state index < -0.39 is 0 Å². The van der Waals surface area contributed by atoms with Crippen LogP contribution in [-0.2, 0) is 17.4 Å². The van der Waals surface area contributed by atoms with Crippen molar-refractivity contribution in [3.63, 3.8) is 0 Å². The van der Waals surface area contributed by atoms with Gasteiger partial charge in [0.15, 0.2) is 0 Å². The van der Waals surface area contributed by atoms with Crippen molar-refractivity contribution in [1.29, 1.82) is 0 Å². The third-order valence-corrected chi connectivity index (χ3v) is 0.362. The number of aromatic amines is 1. The molecule has 1 aromatic heterocycles. The molecule has 0 fully saturated rings. The van der Waals surface area contributed by atoms with E-state index in [0.717, 1.165) is 0 Å². The first-order valence-electron chi connectivity index (χ1n) is 1.35. The molecule has 1 N–H and O–H groups in total. The molecule has 3 heteroatoms. The minimum absolute atomic E-state index is 0. The van der Waals surface area contributed by atoms with E-state index in [1.54, 1.807) is 12.4 Å². The van der Waals surface area contributed by atoms with E-state index in [1.807, 2.05) is 0 Å². The van der Waals surface area contributed by atoms with Gasteiger partial charge in [-0.05, 0) is 6.33 Å². The molecule has 32 valence electrons. The van der Waals surface area contributed by atoms with Crippen molar-refractivity contribution in [1.82, 2.24) is 9.97 Å². The monoisotopic (exact) mass is 119 g/mol. The minimum atomic E-state index is 0. The van der Waals surface area contributed by atoms with E-state index in [0.29, 0.717) is 0 Å². The number of nitrogens with one attached hydrogen (secondary N) is 1. The molecule has 0 amide bonds. The second-order valence-corrected chi connectivity index (χ2v) is 0.701. The average Bonchev–Trinajstić information content (AvgIpc) is 1.76. The van der Waals surface area contributed by atoms with Gasteiger partial charge in [-0.25, -0.2) is 0 Å². The number of imidazole rings is 1. The van der Waals surface area contributed by atoms with Crippen LogP contribution < -0.4 is 0 Å². The fourth-order valence-corrected chi connectivity index (χ4v) is 0.186. The first-order valence-corrected chi connectivity index (χ1v) is 1.35. The molecule has 0 saturated carbocycles. The number of nitrogens with zero attached hydrogens (tertiary/aromatic N) is 1. The van der Waals surface area contributed by atoms with Gasteiger partial charge in [0.05, 0.1) is 0 Å².